The molecular formula is C16H13F4NO3. The minimum atomic E-state index is -2.96. The third-order valence-corrected chi connectivity index (χ3v) is 3.14. The van der Waals surface area contributed by atoms with Gasteiger partial charge < -0.3 is 15.2 Å². The highest BCUT2D eigenvalue weighted by Crippen LogP contribution is 2.19. The van der Waals surface area contributed by atoms with Crippen molar-refractivity contribution >= 4 is 5.91 Å². The van der Waals surface area contributed by atoms with Crippen LogP contribution in [-0.4, -0.2) is 24.2 Å². The first kappa shape index (κ1) is 17.7. The number of rotatable bonds is 6. The average Bonchev–Trinajstić information content (AvgIpc) is 2.55. The molecule has 8 heteroatoms. The summed E-state index contributed by atoms with van der Waals surface area (Å²) >= 11 is 0. The van der Waals surface area contributed by atoms with Crippen LogP contribution in [0, 0.1) is 11.6 Å². The summed E-state index contributed by atoms with van der Waals surface area (Å²) in [5.41, 5.74) is -0.153. The summed E-state index contributed by atoms with van der Waals surface area (Å²) in [6.45, 7) is -3.23. The SMILES string of the molecule is O=C(NCC(O)c1ccc(OC(F)F)cc1)c1cccc(F)c1F. The number of aliphatic hydroxyl groups is 1. The van der Waals surface area contributed by atoms with Crippen molar-refractivity contribution in [3.63, 3.8) is 0 Å². The van der Waals surface area contributed by atoms with Crippen LogP contribution in [0.5, 0.6) is 5.75 Å². The number of halogens is 4. The van der Waals surface area contributed by atoms with Crippen LogP contribution in [0.15, 0.2) is 42.5 Å². The van der Waals surface area contributed by atoms with E-state index in [9.17, 15) is 27.5 Å². The van der Waals surface area contributed by atoms with Crippen molar-refractivity contribution in [1.29, 1.82) is 0 Å². The first-order chi connectivity index (χ1) is 11.4. The molecular weight excluding hydrogens is 330 g/mol. The van der Waals surface area contributed by atoms with Crippen LogP contribution in [0.4, 0.5) is 17.6 Å². The highest BCUT2D eigenvalue weighted by molar-refractivity contribution is 5.94. The van der Waals surface area contributed by atoms with E-state index < -0.39 is 35.8 Å². The molecule has 24 heavy (non-hydrogen) atoms. The second-order valence-corrected chi connectivity index (χ2v) is 4.77. The Hall–Kier alpha value is -2.61. The van der Waals surface area contributed by atoms with Crippen molar-refractivity contribution in [1.82, 2.24) is 5.32 Å². The van der Waals surface area contributed by atoms with Gasteiger partial charge in [-0.05, 0) is 29.8 Å². The Morgan fingerprint density at radius 2 is 1.79 bits per heavy atom. The molecule has 2 N–H and O–H groups in total. The van der Waals surface area contributed by atoms with E-state index in [1.807, 2.05) is 0 Å². The van der Waals surface area contributed by atoms with Crippen molar-refractivity contribution in [3.8, 4) is 5.75 Å². The summed E-state index contributed by atoms with van der Waals surface area (Å²) in [4.78, 5) is 11.8. The van der Waals surface area contributed by atoms with Gasteiger partial charge >= 0.3 is 6.61 Å². The fraction of sp³-hybridized carbons (Fsp3) is 0.188. The molecule has 2 aromatic carbocycles. The summed E-state index contributed by atoms with van der Waals surface area (Å²) in [7, 11) is 0. The molecule has 0 radical (unpaired) electrons. The molecule has 1 amide bonds. The molecule has 0 fully saturated rings. The number of amides is 1. The molecule has 2 rings (SSSR count). The number of ether oxygens (including phenoxy) is 1. The zero-order valence-electron chi connectivity index (χ0n) is 12.2. The number of nitrogens with one attached hydrogen (secondary N) is 1. The van der Waals surface area contributed by atoms with Crippen LogP contribution < -0.4 is 10.1 Å². The fourth-order valence-electron chi connectivity index (χ4n) is 1.95. The number of hydrogen-bond acceptors (Lipinski definition) is 3. The van der Waals surface area contributed by atoms with Crippen molar-refractivity contribution < 1.29 is 32.2 Å². The second kappa shape index (κ2) is 7.78. The van der Waals surface area contributed by atoms with Crippen molar-refractivity contribution in [2.75, 3.05) is 6.54 Å². The van der Waals surface area contributed by atoms with Gasteiger partial charge in [0.25, 0.3) is 5.91 Å². The van der Waals surface area contributed by atoms with Crippen LogP contribution in [-0.2, 0) is 0 Å². The molecule has 0 bridgehead atoms. The lowest BCUT2D eigenvalue weighted by Gasteiger charge is -2.13. The molecule has 0 aliphatic rings. The Bertz CT molecular complexity index is 707. The van der Waals surface area contributed by atoms with Gasteiger partial charge in [-0.1, -0.05) is 18.2 Å². The number of alkyl halides is 2. The van der Waals surface area contributed by atoms with E-state index in [0.29, 0.717) is 5.56 Å². The normalized spacial score (nSPS) is 12.1. The minimum Gasteiger partial charge on any atom is -0.435 e. The van der Waals surface area contributed by atoms with Crippen LogP contribution in [0.25, 0.3) is 0 Å². The molecule has 0 aliphatic heterocycles. The van der Waals surface area contributed by atoms with Crippen LogP contribution in [0.3, 0.4) is 0 Å². The summed E-state index contributed by atoms with van der Waals surface area (Å²) in [5, 5.41) is 12.2. The van der Waals surface area contributed by atoms with Crippen LogP contribution in [0.1, 0.15) is 22.0 Å². The van der Waals surface area contributed by atoms with E-state index in [0.717, 1.165) is 12.1 Å². The highest BCUT2D eigenvalue weighted by atomic mass is 19.3. The molecule has 2 aromatic rings. The lowest BCUT2D eigenvalue weighted by atomic mass is 10.1. The van der Waals surface area contributed by atoms with E-state index in [-0.39, 0.29) is 12.3 Å². The van der Waals surface area contributed by atoms with E-state index in [2.05, 4.69) is 10.1 Å². The minimum absolute atomic E-state index is 0.0770. The summed E-state index contributed by atoms with van der Waals surface area (Å²) in [6.07, 6.45) is -1.16. The zero-order chi connectivity index (χ0) is 17.7. The van der Waals surface area contributed by atoms with Gasteiger partial charge in [-0.25, -0.2) is 8.78 Å². The van der Waals surface area contributed by atoms with Gasteiger partial charge in [0, 0.05) is 6.54 Å². The monoisotopic (exact) mass is 343 g/mol. The van der Waals surface area contributed by atoms with Gasteiger partial charge in [0.1, 0.15) is 5.75 Å². The number of carbonyl (C=O) groups excluding carboxylic acids is 1. The molecule has 1 unspecified atom stereocenters. The third kappa shape index (κ3) is 4.45. The maximum absolute atomic E-state index is 13.5. The van der Waals surface area contributed by atoms with E-state index >= 15 is 0 Å². The van der Waals surface area contributed by atoms with Gasteiger partial charge in [-0.2, -0.15) is 8.78 Å². The van der Waals surface area contributed by atoms with Crippen LogP contribution >= 0.6 is 0 Å². The number of hydrogen-bond donors (Lipinski definition) is 2. The Balaban J connectivity index is 1.96. The largest absolute Gasteiger partial charge is 0.435 e. The molecule has 1 atom stereocenters. The fourth-order valence-corrected chi connectivity index (χ4v) is 1.95. The van der Waals surface area contributed by atoms with Gasteiger partial charge in [0.05, 0.1) is 11.7 Å². The molecule has 0 aromatic heterocycles. The van der Waals surface area contributed by atoms with E-state index in [4.69, 9.17) is 0 Å². The lowest BCUT2D eigenvalue weighted by molar-refractivity contribution is -0.0498. The van der Waals surface area contributed by atoms with Gasteiger partial charge in [-0.15, -0.1) is 0 Å². The highest BCUT2D eigenvalue weighted by Gasteiger charge is 2.16. The molecule has 4 nitrogen and oxygen atoms in total. The molecule has 0 saturated heterocycles. The maximum Gasteiger partial charge on any atom is 0.387 e. The predicted molar refractivity (Wildman–Crippen MR) is 76.7 cm³/mol. The standard InChI is InChI=1S/C16H13F4NO3/c17-12-3-1-2-11(14(12)18)15(23)21-8-13(22)9-4-6-10(7-5-9)24-16(19)20/h1-7,13,16,22H,8H2,(H,21,23). The van der Waals surface area contributed by atoms with Crippen molar-refractivity contribution in [3.05, 3.63) is 65.2 Å². The third-order valence-electron chi connectivity index (χ3n) is 3.14. The van der Waals surface area contributed by atoms with Crippen molar-refractivity contribution in [2.45, 2.75) is 12.7 Å². The van der Waals surface area contributed by atoms with E-state index in [1.54, 1.807) is 0 Å². The number of benzene rings is 2. The summed E-state index contributed by atoms with van der Waals surface area (Å²) in [5.74, 6) is -3.40. The quantitative estimate of drug-likeness (QED) is 0.793. The summed E-state index contributed by atoms with van der Waals surface area (Å²) < 4.78 is 54.8. The molecule has 0 saturated carbocycles. The summed E-state index contributed by atoms with van der Waals surface area (Å²) in [6, 6.07) is 8.33. The first-order valence-corrected chi connectivity index (χ1v) is 6.83. The Morgan fingerprint density at radius 1 is 1.12 bits per heavy atom. The maximum atomic E-state index is 13.5. The molecule has 0 heterocycles. The number of aliphatic hydroxyl groups excluding tert-OH is 1. The lowest BCUT2D eigenvalue weighted by Crippen LogP contribution is -2.29. The Kier molecular flexibility index (Phi) is 5.75. The van der Waals surface area contributed by atoms with Gasteiger partial charge in [0.2, 0.25) is 0 Å². The molecule has 128 valence electrons. The smallest absolute Gasteiger partial charge is 0.387 e. The van der Waals surface area contributed by atoms with E-state index in [1.165, 1.54) is 30.3 Å². The second-order valence-electron chi connectivity index (χ2n) is 4.77. The van der Waals surface area contributed by atoms with Gasteiger partial charge in [0.15, 0.2) is 11.6 Å². The predicted octanol–water partition coefficient (Wildman–Crippen LogP) is 3.03. The zero-order valence-corrected chi connectivity index (χ0v) is 12.2. The van der Waals surface area contributed by atoms with Crippen LogP contribution in [0.2, 0.25) is 0 Å². The molecule has 0 aliphatic carbocycles. The van der Waals surface area contributed by atoms with Crippen molar-refractivity contribution in [2.24, 2.45) is 0 Å². The first-order valence-electron chi connectivity index (χ1n) is 6.83. The van der Waals surface area contributed by atoms with Gasteiger partial charge in [-0.3, -0.25) is 4.79 Å². The Morgan fingerprint density at radius 3 is 2.42 bits per heavy atom. The molecule has 0 spiro atoms. The average molecular weight is 343 g/mol. The number of carbonyl (C=O) groups is 1. The topological polar surface area (TPSA) is 58.6 Å². The Labute approximate surface area is 134 Å².